The molecule has 2 aromatic rings. The molecular weight excluding hydrogens is 244 g/mol. The molecule has 104 valence electrons. The summed E-state index contributed by atoms with van der Waals surface area (Å²) < 4.78 is 0. The summed E-state index contributed by atoms with van der Waals surface area (Å²) in [5.74, 6) is 0. The molecule has 0 atom stereocenters. The molecule has 0 spiro atoms. The van der Waals surface area contributed by atoms with Gasteiger partial charge in [-0.3, -0.25) is 0 Å². The van der Waals surface area contributed by atoms with Crippen molar-refractivity contribution < 1.29 is 0 Å². The van der Waals surface area contributed by atoms with E-state index in [0.717, 1.165) is 26.2 Å². The van der Waals surface area contributed by atoms with Crippen molar-refractivity contribution in [3.05, 3.63) is 53.6 Å². The fourth-order valence-corrected chi connectivity index (χ4v) is 2.82. The Labute approximate surface area is 121 Å². The molecule has 2 heteroatoms. The fourth-order valence-electron chi connectivity index (χ4n) is 2.82. The molecule has 0 aliphatic carbocycles. The average molecular weight is 266 g/mol. The van der Waals surface area contributed by atoms with Crippen molar-refractivity contribution in [3.8, 4) is 11.1 Å². The van der Waals surface area contributed by atoms with E-state index in [2.05, 4.69) is 66.5 Å². The largest absolute Gasteiger partial charge is 0.369 e. The predicted molar refractivity (Wildman–Crippen MR) is 86.4 cm³/mol. The maximum atomic E-state index is 3.39. The van der Waals surface area contributed by atoms with Gasteiger partial charge in [-0.1, -0.05) is 35.9 Å². The van der Waals surface area contributed by atoms with Crippen LogP contribution in [0.25, 0.3) is 11.1 Å². The van der Waals surface area contributed by atoms with Gasteiger partial charge in [-0.25, -0.2) is 0 Å². The maximum Gasteiger partial charge on any atom is 0.0367 e. The lowest BCUT2D eigenvalue weighted by Crippen LogP contribution is -2.43. The summed E-state index contributed by atoms with van der Waals surface area (Å²) in [5, 5.41) is 3.39. The molecule has 20 heavy (non-hydrogen) atoms. The van der Waals surface area contributed by atoms with Gasteiger partial charge in [0.05, 0.1) is 0 Å². The van der Waals surface area contributed by atoms with E-state index in [1.807, 2.05) is 0 Å². The number of rotatable bonds is 2. The van der Waals surface area contributed by atoms with Gasteiger partial charge in [0.25, 0.3) is 0 Å². The quantitative estimate of drug-likeness (QED) is 0.896. The average Bonchev–Trinajstić information content (AvgIpc) is 2.51. The summed E-state index contributed by atoms with van der Waals surface area (Å²) in [6, 6.07) is 15.7. The van der Waals surface area contributed by atoms with Crippen molar-refractivity contribution in [2.75, 3.05) is 31.1 Å². The Morgan fingerprint density at radius 3 is 2.30 bits per heavy atom. The third-order valence-corrected chi connectivity index (χ3v) is 4.05. The van der Waals surface area contributed by atoms with Crippen LogP contribution in [0.15, 0.2) is 42.5 Å². The Balaban J connectivity index is 1.87. The molecule has 1 N–H and O–H groups in total. The number of aryl methyl sites for hydroxylation is 2. The third kappa shape index (κ3) is 2.70. The minimum absolute atomic E-state index is 1.08. The Bertz CT molecular complexity index is 581. The minimum atomic E-state index is 1.08. The van der Waals surface area contributed by atoms with Gasteiger partial charge >= 0.3 is 0 Å². The molecule has 3 rings (SSSR count). The normalized spacial score (nSPS) is 15.4. The first-order valence-corrected chi connectivity index (χ1v) is 7.37. The summed E-state index contributed by atoms with van der Waals surface area (Å²) >= 11 is 0. The molecule has 0 unspecified atom stereocenters. The molecule has 0 radical (unpaired) electrons. The van der Waals surface area contributed by atoms with Crippen LogP contribution < -0.4 is 10.2 Å². The van der Waals surface area contributed by atoms with E-state index >= 15 is 0 Å². The van der Waals surface area contributed by atoms with Crippen LogP contribution in [-0.4, -0.2) is 26.2 Å². The summed E-state index contributed by atoms with van der Waals surface area (Å²) in [5.41, 5.74) is 6.64. The van der Waals surface area contributed by atoms with E-state index in [1.165, 1.54) is 27.9 Å². The van der Waals surface area contributed by atoms with Crippen LogP contribution in [0, 0.1) is 13.8 Å². The van der Waals surface area contributed by atoms with Gasteiger partial charge < -0.3 is 10.2 Å². The molecule has 1 saturated heterocycles. The van der Waals surface area contributed by atoms with E-state index in [-0.39, 0.29) is 0 Å². The smallest absolute Gasteiger partial charge is 0.0367 e. The van der Waals surface area contributed by atoms with Crippen LogP contribution in [0.2, 0.25) is 0 Å². The lowest BCUT2D eigenvalue weighted by molar-refractivity contribution is 0.589. The molecule has 2 nitrogen and oxygen atoms in total. The SMILES string of the molecule is Cc1ccc(C)c(-c2ccc(N3CCNCC3)cc2)c1. The monoisotopic (exact) mass is 266 g/mol. The van der Waals surface area contributed by atoms with Gasteiger partial charge in [-0.15, -0.1) is 0 Å². The summed E-state index contributed by atoms with van der Waals surface area (Å²) in [6.07, 6.45) is 0. The molecule has 0 bridgehead atoms. The molecular formula is C18H22N2. The Hall–Kier alpha value is -1.80. The van der Waals surface area contributed by atoms with E-state index in [0.29, 0.717) is 0 Å². The van der Waals surface area contributed by atoms with E-state index in [1.54, 1.807) is 0 Å². The van der Waals surface area contributed by atoms with Crippen molar-refractivity contribution in [2.45, 2.75) is 13.8 Å². The van der Waals surface area contributed by atoms with Gasteiger partial charge in [-0.2, -0.15) is 0 Å². The van der Waals surface area contributed by atoms with Gasteiger partial charge in [-0.05, 0) is 42.7 Å². The molecule has 0 amide bonds. The number of piperazine rings is 1. The number of anilines is 1. The van der Waals surface area contributed by atoms with Crippen LogP contribution >= 0.6 is 0 Å². The molecule has 1 aliphatic heterocycles. The fraction of sp³-hybridized carbons (Fsp3) is 0.333. The molecule has 1 heterocycles. The van der Waals surface area contributed by atoms with Gasteiger partial charge in [0.2, 0.25) is 0 Å². The van der Waals surface area contributed by atoms with Gasteiger partial charge in [0.1, 0.15) is 0 Å². The Morgan fingerprint density at radius 1 is 0.900 bits per heavy atom. The van der Waals surface area contributed by atoms with Crippen molar-refractivity contribution in [1.29, 1.82) is 0 Å². The van der Waals surface area contributed by atoms with Crippen LogP contribution in [0.4, 0.5) is 5.69 Å². The predicted octanol–water partition coefficient (Wildman–Crippen LogP) is 3.38. The van der Waals surface area contributed by atoms with E-state index < -0.39 is 0 Å². The molecule has 2 aromatic carbocycles. The third-order valence-electron chi connectivity index (χ3n) is 4.05. The summed E-state index contributed by atoms with van der Waals surface area (Å²) in [7, 11) is 0. The number of nitrogens with zero attached hydrogens (tertiary/aromatic N) is 1. The second-order valence-corrected chi connectivity index (χ2v) is 5.60. The Kier molecular flexibility index (Phi) is 3.75. The highest BCUT2D eigenvalue weighted by molar-refractivity contribution is 5.70. The van der Waals surface area contributed by atoms with Gasteiger partial charge in [0.15, 0.2) is 0 Å². The Morgan fingerprint density at radius 2 is 1.60 bits per heavy atom. The van der Waals surface area contributed by atoms with Crippen LogP contribution in [0.5, 0.6) is 0 Å². The van der Waals surface area contributed by atoms with E-state index in [4.69, 9.17) is 0 Å². The maximum absolute atomic E-state index is 3.39. The lowest BCUT2D eigenvalue weighted by Gasteiger charge is -2.29. The first-order chi connectivity index (χ1) is 9.74. The van der Waals surface area contributed by atoms with Crippen molar-refractivity contribution in [2.24, 2.45) is 0 Å². The number of nitrogens with one attached hydrogen (secondary N) is 1. The lowest BCUT2D eigenvalue weighted by atomic mass is 9.98. The number of hydrogen-bond donors (Lipinski definition) is 1. The first-order valence-electron chi connectivity index (χ1n) is 7.37. The van der Waals surface area contributed by atoms with Crippen LogP contribution in [-0.2, 0) is 0 Å². The van der Waals surface area contributed by atoms with Crippen molar-refractivity contribution in [1.82, 2.24) is 5.32 Å². The van der Waals surface area contributed by atoms with Crippen LogP contribution in [0.1, 0.15) is 11.1 Å². The molecule has 0 aromatic heterocycles. The summed E-state index contributed by atoms with van der Waals surface area (Å²) in [4.78, 5) is 2.45. The second-order valence-electron chi connectivity index (χ2n) is 5.60. The van der Waals surface area contributed by atoms with Gasteiger partial charge in [0, 0.05) is 31.9 Å². The number of benzene rings is 2. The topological polar surface area (TPSA) is 15.3 Å². The minimum Gasteiger partial charge on any atom is -0.369 e. The highest BCUT2D eigenvalue weighted by atomic mass is 15.2. The van der Waals surface area contributed by atoms with Crippen molar-refractivity contribution in [3.63, 3.8) is 0 Å². The zero-order valence-corrected chi connectivity index (χ0v) is 12.3. The highest BCUT2D eigenvalue weighted by Gasteiger charge is 2.10. The number of hydrogen-bond acceptors (Lipinski definition) is 2. The second kappa shape index (κ2) is 5.68. The van der Waals surface area contributed by atoms with E-state index in [9.17, 15) is 0 Å². The zero-order chi connectivity index (χ0) is 13.9. The standard InChI is InChI=1S/C18H22N2/c1-14-3-4-15(2)18(13-14)16-5-7-17(8-6-16)20-11-9-19-10-12-20/h3-8,13,19H,9-12H2,1-2H3. The molecule has 1 fully saturated rings. The molecule has 1 aliphatic rings. The zero-order valence-electron chi connectivity index (χ0n) is 12.3. The molecule has 0 saturated carbocycles. The van der Waals surface area contributed by atoms with Crippen LogP contribution in [0.3, 0.4) is 0 Å². The highest BCUT2D eigenvalue weighted by Crippen LogP contribution is 2.27. The first kappa shape index (κ1) is 13.2. The summed E-state index contributed by atoms with van der Waals surface area (Å²) in [6.45, 7) is 8.69. The van der Waals surface area contributed by atoms with Crippen molar-refractivity contribution >= 4 is 5.69 Å².